The van der Waals surface area contributed by atoms with Gasteiger partial charge >= 0.3 is 0 Å². The van der Waals surface area contributed by atoms with Crippen molar-refractivity contribution in [3.63, 3.8) is 0 Å². The molecule has 0 aliphatic rings. The van der Waals surface area contributed by atoms with Gasteiger partial charge in [0.2, 0.25) is 5.91 Å². The van der Waals surface area contributed by atoms with Crippen LogP contribution in [0.5, 0.6) is 0 Å². The number of anilines is 1. The number of carbonyl (C=O) groups is 2. The Bertz CT molecular complexity index is 1780. The average molecular weight is 648 g/mol. The number of rotatable bonds is 10. The van der Waals surface area contributed by atoms with Gasteiger partial charge in [-0.3, -0.25) is 14.1 Å². The highest BCUT2D eigenvalue weighted by molar-refractivity contribution is 9.10. The van der Waals surface area contributed by atoms with E-state index in [1.165, 1.54) is 0 Å². The zero-order valence-electron chi connectivity index (χ0n) is 22.3. The molecule has 4 aromatic carbocycles. The van der Waals surface area contributed by atoms with E-state index in [1.807, 2.05) is 78.9 Å². The molecule has 0 aliphatic carbocycles. The first kappa shape index (κ1) is 29.2. The van der Waals surface area contributed by atoms with Gasteiger partial charge in [0.25, 0.3) is 16.0 Å². The predicted molar refractivity (Wildman–Crippen MR) is 166 cm³/mol. The number of halogens is 1. The third kappa shape index (κ3) is 7.52. The summed E-state index contributed by atoms with van der Waals surface area (Å²) in [5.74, 6) is -0.969. The summed E-state index contributed by atoms with van der Waals surface area (Å²) < 4.78 is 37.4. The average Bonchev–Trinajstić information content (AvgIpc) is 3.41. The summed E-state index contributed by atoms with van der Waals surface area (Å²) >= 11 is 3.45. The Morgan fingerprint density at radius 3 is 2.24 bits per heavy atom. The van der Waals surface area contributed by atoms with Crippen molar-refractivity contribution in [3.8, 4) is 11.3 Å². The van der Waals surface area contributed by atoms with Gasteiger partial charge in [-0.15, -0.1) is 0 Å². The van der Waals surface area contributed by atoms with Gasteiger partial charge in [-0.05, 0) is 78.2 Å². The SMILES string of the molecule is O=C(NCCS(=O)(=O)O)c1ccc(CC(C(=O)Nc2ccc(-c3cc4ccccc4o3)cc2)c2ccc(Br)cc2)cc1. The molecule has 5 rings (SSSR count). The number of para-hydroxylation sites is 1. The minimum Gasteiger partial charge on any atom is -0.456 e. The molecular formula is C32H27BrN2O6S. The fourth-order valence-electron chi connectivity index (χ4n) is 4.55. The maximum Gasteiger partial charge on any atom is 0.266 e. The highest BCUT2D eigenvalue weighted by Gasteiger charge is 2.22. The first-order chi connectivity index (χ1) is 20.1. The van der Waals surface area contributed by atoms with Crippen molar-refractivity contribution < 1.29 is 27.0 Å². The lowest BCUT2D eigenvalue weighted by molar-refractivity contribution is -0.117. The smallest absolute Gasteiger partial charge is 0.266 e. The number of benzene rings is 4. The topological polar surface area (TPSA) is 126 Å². The Hall–Kier alpha value is -4.25. The summed E-state index contributed by atoms with van der Waals surface area (Å²) in [7, 11) is -4.16. The van der Waals surface area contributed by atoms with Gasteiger partial charge in [0, 0.05) is 33.2 Å². The van der Waals surface area contributed by atoms with Crippen LogP contribution in [0.2, 0.25) is 0 Å². The Morgan fingerprint density at radius 1 is 0.881 bits per heavy atom. The molecule has 1 unspecified atom stereocenters. The van der Waals surface area contributed by atoms with Crippen LogP contribution in [0.15, 0.2) is 112 Å². The van der Waals surface area contributed by atoms with E-state index in [2.05, 4.69) is 26.6 Å². The van der Waals surface area contributed by atoms with Crippen LogP contribution in [0.3, 0.4) is 0 Å². The van der Waals surface area contributed by atoms with Crippen molar-refractivity contribution in [2.45, 2.75) is 12.3 Å². The monoisotopic (exact) mass is 646 g/mol. The number of nitrogens with one attached hydrogen (secondary N) is 2. The highest BCUT2D eigenvalue weighted by Crippen LogP contribution is 2.29. The van der Waals surface area contributed by atoms with Gasteiger partial charge in [-0.1, -0.05) is 58.4 Å². The minimum atomic E-state index is -4.16. The molecular weight excluding hydrogens is 620 g/mol. The lowest BCUT2D eigenvalue weighted by Gasteiger charge is -2.18. The van der Waals surface area contributed by atoms with Crippen LogP contribution < -0.4 is 10.6 Å². The maximum absolute atomic E-state index is 13.6. The van der Waals surface area contributed by atoms with Crippen molar-refractivity contribution in [2.24, 2.45) is 0 Å². The van der Waals surface area contributed by atoms with E-state index in [1.54, 1.807) is 24.3 Å². The minimum absolute atomic E-state index is 0.180. The second-order valence-corrected chi connectivity index (χ2v) is 12.2. The molecule has 214 valence electrons. The molecule has 0 saturated heterocycles. The fraction of sp³-hybridized carbons (Fsp3) is 0.125. The first-order valence-electron chi connectivity index (χ1n) is 13.1. The summed E-state index contributed by atoms with van der Waals surface area (Å²) in [6.45, 7) is -0.204. The van der Waals surface area contributed by atoms with Crippen LogP contribution >= 0.6 is 15.9 Å². The van der Waals surface area contributed by atoms with Crippen LogP contribution in [0.4, 0.5) is 5.69 Å². The molecule has 0 fully saturated rings. The molecule has 10 heteroatoms. The van der Waals surface area contributed by atoms with Crippen LogP contribution in [-0.4, -0.2) is 37.1 Å². The molecule has 3 N–H and O–H groups in total. The van der Waals surface area contributed by atoms with Crippen molar-refractivity contribution >= 4 is 54.5 Å². The number of fused-ring (bicyclic) bond motifs is 1. The molecule has 0 spiro atoms. The van der Waals surface area contributed by atoms with Gasteiger partial charge in [-0.2, -0.15) is 8.42 Å². The Balaban J connectivity index is 1.29. The van der Waals surface area contributed by atoms with Crippen molar-refractivity contribution in [2.75, 3.05) is 17.6 Å². The summed E-state index contributed by atoms with van der Waals surface area (Å²) in [6, 6.07) is 31.6. The Labute approximate surface area is 251 Å². The normalized spacial score (nSPS) is 12.1. The molecule has 2 amide bonds. The largest absolute Gasteiger partial charge is 0.456 e. The zero-order valence-corrected chi connectivity index (χ0v) is 24.7. The molecule has 0 bridgehead atoms. The summed E-state index contributed by atoms with van der Waals surface area (Å²) in [4.78, 5) is 25.9. The Morgan fingerprint density at radius 2 is 1.57 bits per heavy atom. The number of carbonyl (C=O) groups excluding carboxylic acids is 2. The van der Waals surface area contributed by atoms with Crippen molar-refractivity contribution in [3.05, 3.63) is 124 Å². The number of amides is 2. The first-order valence-corrected chi connectivity index (χ1v) is 15.5. The summed E-state index contributed by atoms with van der Waals surface area (Å²) in [5, 5.41) is 6.51. The number of hydrogen-bond acceptors (Lipinski definition) is 5. The van der Waals surface area contributed by atoms with E-state index in [-0.39, 0.29) is 12.5 Å². The van der Waals surface area contributed by atoms with Gasteiger partial charge in [0.15, 0.2) is 0 Å². The molecule has 8 nitrogen and oxygen atoms in total. The molecule has 1 aromatic heterocycles. The summed E-state index contributed by atoms with van der Waals surface area (Å²) in [6.07, 6.45) is 0.384. The van der Waals surface area contributed by atoms with Crippen molar-refractivity contribution in [1.82, 2.24) is 5.32 Å². The lowest BCUT2D eigenvalue weighted by Crippen LogP contribution is -2.28. The summed E-state index contributed by atoms with van der Waals surface area (Å²) in [5.41, 5.74) is 4.38. The molecule has 0 aliphatic heterocycles. The maximum atomic E-state index is 13.6. The lowest BCUT2D eigenvalue weighted by atomic mass is 9.90. The molecule has 0 radical (unpaired) electrons. The number of furan rings is 1. The third-order valence-corrected chi connectivity index (χ3v) is 8.00. The molecule has 5 aromatic rings. The van der Waals surface area contributed by atoms with Crippen LogP contribution in [0.25, 0.3) is 22.3 Å². The molecule has 1 heterocycles. The van der Waals surface area contributed by atoms with Crippen molar-refractivity contribution in [1.29, 1.82) is 0 Å². The van der Waals surface area contributed by atoms with Gasteiger partial charge in [-0.25, -0.2) is 0 Å². The van der Waals surface area contributed by atoms with E-state index in [0.29, 0.717) is 17.7 Å². The zero-order chi connectivity index (χ0) is 29.7. The van der Waals surface area contributed by atoms with E-state index in [0.717, 1.165) is 37.9 Å². The van der Waals surface area contributed by atoms with Crippen LogP contribution in [-0.2, 0) is 21.3 Å². The second-order valence-electron chi connectivity index (χ2n) is 9.76. The quantitative estimate of drug-likeness (QED) is 0.150. The molecule has 0 saturated carbocycles. The van der Waals surface area contributed by atoms with Gasteiger partial charge < -0.3 is 15.1 Å². The predicted octanol–water partition coefficient (Wildman–Crippen LogP) is 6.44. The van der Waals surface area contributed by atoms with Gasteiger partial charge in [0.1, 0.15) is 11.3 Å². The van der Waals surface area contributed by atoms with E-state index in [9.17, 15) is 18.0 Å². The fourth-order valence-corrected chi connectivity index (χ4v) is 5.18. The standard InChI is InChI=1S/C32H27BrN2O6S/c33-26-13-9-22(10-14-26)28(19-21-5-7-24(8-6-21)31(36)34-17-18-42(38,39)40)32(37)35-27-15-11-23(12-16-27)30-20-25-3-1-2-4-29(25)41-30/h1-16,20,28H,17-19H2,(H,34,36)(H,35,37)(H,38,39,40). The van der Waals surface area contributed by atoms with E-state index >= 15 is 0 Å². The van der Waals surface area contributed by atoms with E-state index < -0.39 is 27.7 Å². The Kier molecular flexibility index (Phi) is 8.86. The molecule has 42 heavy (non-hydrogen) atoms. The third-order valence-electron chi connectivity index (χ3n) is 6.75. The number of hydrogen-bond donors (Lipinski definition) is 3. The van der Waals surface area contributed by atoms with E-state index in [4.69, 9.17) is 8.97 Å². The van der Waals surface area contributed by atoms with Crippen LogP contribution in [0, 0.1) is 0 Å². The van der Waals surface area contributed by atoms with Crippen LogP contribution in [0.1, 0.15) is 27.4 Å². The molecule has 1 atom stereocenters. The second kappa shape index (κ2) is 12.7. The highest BCUT2D eigenvalue weighted by atomic mass is 79.9. The van der Waals surface area contributed by atoms with Gasteiger partial charge in [0.05, 0.1) is 11.7 Å².